The molecule has 0 bridgehead atoms. The van der Waals surface area contributed by atoms with Crippen LogP contribution in [0.3, 0.4) is 0 Å². The van der Waals surface area contributed by atoms with Crippen molar-refractivity contribution in [3.8, 4) is 0 Å². The molecule has 1 aromatic rings. The fourth-order valence-electron chi connectivity index (χ4n) is 2.12. The van der Waals surface area contributed by atoms with Crippen molar-refractivity contribution < 1.29 is 4.39 Å². The lowest BCUT2D eigenvalue weighted by atomic mass is 9.95. The van der Waals surface area contributed by atoms with Crippen LogP contribution in [-0.4, -0.2) is 23.1 Å². The van der Waals surface area contributed by atoms with Gasteiger partial charge >= 0.3 is 0 Å². The number of rotatable bonds is 2. The monoisotopic (exact) mass is 224 g/mol. The van der Waals surface area contributed by atoms with E-state index in [4.69, 9.17) is 5.73 Å². The topological polar surface area (TPSA) is 55.0 Å². The minimum Gasteiger partial charge on any atom is -0.368 e. The number of hydrogen-bond donors (Lipinski definition) is 1. The van der Waals surface area contributed by atoms with Gasteiger partial charge in [0.15, 0.2) is 11.6 Å². The molecule has 0 spiro atoms. The van der Waals surface area contributed by atoms with Crippen molar-refractivity contribution in [1.29, 1.82) is 0 Å². The van der Waals surface area contributed by atoms with Crippen LogP contribution in [0.2, 0.25) is 0 Å². The fourth-order valence-corrected chi connectivity index (χ4v) is 2.12. The molecule has 1 unspecified atom stereocenters. The van der Waals surface area contributed by atoms with Gasteiger partial charge in [0.1, 0.15) is 0 Å². The summed E-state index contributed by atoms with van der Waals surface area (Å²) in [5.41, 5.74) is 5.47. The van der Waals surface area contributed by atoms with E-state index in [2.05, 4.69) is 23.8 Å². The number of anilines is 2. The molecule has 1 aliphatic heterocycles. The minimum atomic E-state index is -0.390. The van der Waals surface area contributed by atoms with Crippen molar-refractivity contribution in [2.24, 2.45) is 11.8 Å². The van der Waals surface area contributed by atoms with E-state index in [-0.39, 0.29) is 5.95 Å². The molecule has 5 heteroatoms. The number of aromatic nitrogens is 2. The standard InChI is InChI=1S/C11H17FN4/c1-7(2)8-3-4-16(6-8)10-9(12)5-14-11(13)15-10/h5,7-8H,3-4,6H2,1-2H3,(H2,13,14,15). The third-order valence-corrected chi connectivity index (χ3v) is 3.21. The van der Waals surface area contributed by atoms with Gasteiger partial charge < -0.3 is 10.6 Å². The van der Waals surface area contributed by atoms with Gasteiger partial charge in [-0.05, 0) is 18.3 Å². The summed E-state index contributed by atoms with van der Waals surface area (Å²) in [7, 11) is 0. The Balaban J connectivity index is 2.17. The summed E-state index contributed by atoms with van der Waals surface area (Å²) in [6.45, 7) is 6.08. The van der Waals surface area contributed by atoms with Crippen LogP contribution in [0.15, 0.2) is 6.20 Å². The van der Waals surface area contributed by atoms with Gasteiger partial charge in [0, 0.05) is 13.1 Å². The quantitative estimate of drug-likeness (QED) is 0.830. The maximum atomic E-state index is 13.5. The Hall–Kier alpha value is -1.39. The van der Waals surface area contributed by atoms with E-state index < -0.39 is 5.82 Å². The maximum absolute atomic E-state index is 13.5. The molecule has 88 valence electrons. The van der Waals surface area contributed by atoms with Crippen molar-refractivity contribution in [1.82, 2.24) is 9.97 Å². The number of nitrogen functional groups attached to an aromatic ring is 1. The highest BCUT2D eigenvalue weighted by Crippen LogP contribution is 2.28. The average molecular weight is 224 g/mol. The molecular formula is C11H17FN4. The summed E-state index contributed by atoms with van der Waals surface area (Å²) in [5, 5.41) is 0. The summed E-state index contributed by atoms with van der Waals surface area (Å²) >= 11 is 0. The molecule has 0 aliphatic carbocycles. The molecule has 0 saturated carbocycles. The lowest BCUT2D eigenvalue weighted by Gasteiger charge is -2.19. The summed E-state index contributed by atoms with van der Waals surface area (Å²) in [5.74, 6) is 1.31. The van der Waals surface area contributed by atoms with E-state index in [0.29, 0.717) is 17.7 Å². The second kappa shape index (κ2) is 4.23. The van der Waals surface area contributed by atoms with Crippen LogP contribution in [0.1, 0.15) is 20.3 Å². The number of nitrogens with two attached hydrogens (primary N) is 1. The molecule has 2 N–H and O–H groups in total. The summed E-state index contributed by atoms with van der Waals surface area (Å²) in [6, 6.07) is 0. The molecule has 4 nitrogen and oxygen atoms in total. The Morgan fingerprint density at radius 1 is 1.56 bits per heavy atom. The average Bonchev–Trinajstić information content (AvgIpc) is 2.70. The summed E-state index contributed by atoms with van der Waals surface area (Å²) in [4.78, 5) is 9.55. The first-order valence-corrected chi connectivity index (χ1v) is 5.61. The first-order valence-electron chi connectivity index (χ1n) is 5.61. The van der Waals surface area contributed by atoms with Crippen LogP contribution in [-0.2, 0) is 0 Å². The largest absolute Gasteiger partial charge is 0.368 e. The fraction of sp³-hybridized carbons (Fsp3) is 0.636. The zero-order valence-electron chi connectivity index (χ0n) is 9.65. The molecule has 1 atom stereocenters. The highest BCUT2D eigenvalue weighted by molar-refractivity contribution is 5.43. The van der Waals surface area contributed by atoms with E-state index in [1.165, 1.54) is 0 Å². The highest BCUT2D eigenvalue weighted by atomic mass is 19.1. The highest BCUT2D eigenvalue weighted by Gasteiger charge is 2.27. The second-order valence-corrected chi connectivity index (χ2v) is 4.64. The Morgan fingerprint density at radius 3 is 2.94 bits per heavy atom. The van der Waals surface area contributed by atoms with Crippen LogP contribution in [0.25, 0.3) is 0 Å². The van der Waals surface area contributed by atoms with Gasteiger partial charge in [0.2, 0.25) is 5.95 Å². The summed E-state index contributed by atoms with van der Waals surface area (Å²) in [6.07, 6.45) is 2.22. The van der Waals surface area contributed by atoms with Gasteiger partial charge in [-0.2, -0.15) is 4.98 Å². The molecule has 0 amide bonds. The van der Waals surface area contributed by atoms with Gasteiger partial charge in [-0.3, -0.25) is 0 Å². The van der Waals surface area contributed by atoms with E-state index in [0.717, 1.165) is 25.7 Å². The molecule has 1 saturated heterocycles. The first-order chi connectivity index (χ1) is 7.58. The number of halogens is 1. The number of hydrogen-bond acceptors (Lipinski definition) is 4. The molecule has 1 aromatic heterocycles. The third-order valence-electron chi connectivity index (χ3n) is 3.21. The molecule has 16 heavy (non-hydrogen) atoms. The van der Waals surface area contributed by atoms with Crippen molar-refractivity contribution >= 4 is 11.8 Å². The second-order valence-electron chi connectivity index (χ2n) is 4.64. The molecule has 1 fully saturated rings. The van der Waals surface area contributed by atoms with E-state index >= 15 is 0 Å². The molecule has 0 radical (unpaired) electrons. The molecule has 2 rings (SSSR count). The van der Waals surface area contributed by atoms with Crippen LogP contribution in [0, 0.1) is 17.7 Å². The van der Waals surface area contributed by atoms with Crippen molar-refractivity contribution in [3.63, 3.8) is 0 Å². The Kier molecular flexibility index (Phi) is 2.94. The van der Waals surface area contributed by atoms with Crippen LogP contribution in [0.5, 0.6) is 0 Å². The van der Waals surface area contributed by atoms with Crippen LogP contribution < -0.4 is 10.6 Å². The Bertz CT molecular complexity index is 380. The van der Waals surface area contributed by atoms with Gasteiger partial charge in [-0.1, -0.05) is 13.8 Å². The Morgan fingerprint density at radius 2 is 2.31 bits per heavy atom. The van der Waals surface area contributed by atoms with Gasteiger partial charge in [0.25, 0.3) is 0 Å². The summed E-state index contributed by atoms with van der Waals surface area (Å²) < 4.78 is 13.5. The molecule has 0 aromatic carbocycles. The SMILES string of the molecule is CC(C)C1CCN(c2nc(N)ncc2F)C1. The predicted octanol–water partition coefficient (Wildman–Crippen LogP) is 1.68. The molecule has 1 aliphatic rings. The lowest BCUT2D eigenvalue weighted by Crippen LogP contribution is -2.23. The van der Waals surface area contributed by atoms with Gasteiger partial charge in [-0.25, -0.2) is 9.37 Å². The third kappa shape index (κ3) is 2.08. The Labute approximate surface area is 94.7 Å². The lowest BCUT2D eigenvalue weighted by molar-refractivity contribution is 0.422. The number of nitrogens with zero attached hydrogens (tertiary/aromatic N) is 3. The minimum absolute atomic E-state index is 0.129. The normalized spacial score (nSPS) is 20.8. The van der Waals surface area contributed by atoms with E-state index in [9.17, 15) is 4.39 Å². The zero-order chi connectivity index (χ0) is 11.7. The maximum Gasteiger partial charge on any atom is 0.222 e. The predicted molar refractivity (Wildman–Crippen MR) is 61.6 cm³/mol. The van der Waals surface area contributed by atoms with Crippen molar-refractivity contribution in [3.05, 3.63) is 12.0 Å². The van der Waals surface area contributed by atoms with E-state index in [1.54, 1.807) is 0 Å². The van der Waals surface area contributed by atoms with Gasteiger partial charge in [0.05, 0.1) is 6.20 Å². The smallest absolute Gasteiger partial charge is 0.222 e. The molecular weight excluding hydrogens is 207 g/mol. The van der Waals surface area contributed by atoms with Crippen LogP contribution >= 0.6 is 0 Å². The zero-order valence-corrected chi connectivity index (χ0v) is 9.65. The van der Waals surface area contributed by atoms with Gasteiger partial charge in [-0.15, -0.1) is 0 Å². The van der Waals surface area contributed by atoms with E-state index in [1.807, 2.05) is 4.90 Å². The van der Waals surface area contributed by atoms with Crippen LogP contribution in [0.4, 0.5) is 16.2 Å². The van der Waals surface area contributed by atoms with Crippen molar-refractivity contribution in [2.45, 2.75) is 20.3 Å². The molecule has 2 heterocycles. The first kappa shape index (κ1) is 11.1. The van der Waals surface area contributed by atoms with Crippen molar-refractivity contribution in [2.75, 3.05) is 23.7 Å².